The number of nitrogens with one attached hydrogen (secondary N) is 1. The highest BCUT2D eigenvalue weighted by Crippen LogP contribution is 2.37. The van der Waals surface area contributed by atoms with Gasteiger partial charge >= 0.3 is 0 Å². The smallest absolute Gasteiger partial charge is 0.0452 e. The molecule has 0 radical (unpaired) electrons. The molecule has 0 amide bonds. The summed E-state index contributed by atoms with van der Waals surface area (Å²) in [4.78, 5) is 0. The van der Waals surface area contributed by atoms with Gasteiger partial charge in [-0.1, -0.05) is 60.7 Å². The third-order valence-electron chi connectivity index (χ3n) is 4.16. The lowest BCUT2D eigenvalue weighted by atomic mass is 9.92. The number of aryl methyl sites for hydroxylation is 1. The van der Waals surface area contributed by atoms with Crippen LogP contribution in [0.1, 0.15) is 12.0 Å². The van der Waals surface area contributed by atoms with Crippen molar-refractivity contribution in [2.24, 2.45) is 0 Å². The average Bonchev–Trinajstić information content (AvgIpc) is 2.54. The standard InChI is InChI=1S/C19H17N/c1-2-10-16-14(6-1)7-3-11-17(16)18-12-4-8-15-9-5-13-20-19(15)18/h1-4,6-8,10-12,20H,5,9,13H2. The summed E-state index contributed by atoms with van der Waals surface area (Å²) < 4.78 is 0. The second-order valence-corrected chi connectivity index (χ2v) is 5.40. The van der Waals surface area contributed by atoms with E-state index in [4.69, 9.17) is 0 Å². The molecule has 0 unspecified atom stereocenters. The molecule has 0 saturated carbocycles. The highest BCUT2D eigenvalue weighted by atomic mass is 14.9. The molecule has 0 spiro atoms. The van der Waals surface area contributed by atoms with E-state index in [1.165, 1.54) is 46.0 Å². The van der Waals surface area contributed by atoms with Crippen LogP contribution in [0, 0.1) is 0 Å². The molecule has 3 aromatic carbocycles. The van der Waals surface area contributed by atoms with Crippen LogP contribution in [0.25, 0.3) is 21.9 Å². The number of rotatable bonds is 1. The first-order valence-electron chi connectivity index (χ1n) is 7.27. The summed E-state index contributed by atoms with van der Waals surface area (Å²) in [6.07, 6.45) is 2.41. The minimum atomic E-state index is 1.08. The number of hydrogen-bond acceptors (Lipinski definition) is 1. The van der Waals surface area contributed by atoms with E-state index in [1.54, 1.807) is 0 Å². The molecule has 1 aliphatic rings. The molecule has 1 nitrogen and oxygen atoms in total. The van der Waals surface area contributed by atoms with Gasteiger partial charge in [0.15, 0.2) is 0 Å². The Morgan fingerprint density at radius 2 is 1.55 bits per heavy atom. The molecule has 1 heteroatoms. The van der Waals surface area contributed by atoms with Crippen molar-refractivity contribution in [3.63, 3.8) is 0 Å². The molecule has 4 rings (SSSR count). The largest absolute Gasteiger partial charge is 0.384 e. The van der Waals surface area contributed by atoms with Crippen LogP contribution in [0.15, 0.2) is 60.7 Å². The second-order valence-electron chi connectivity index (χ2n) is 5.40. The van der Waals surface area contributed by atoms with Crippen molar-refractivity contribution in [2.75, 3.05) is 11.9 Å². The van der Waals surface area contributed by atoms with Crippen LogP contribution >= 0.6 is 0 Å². The number of benzene rings is 3. The molecular formula is C19H17N. The minimum Gasteiger partial charge on any atom is -0.384 e. The number of anilines is 1. The van der Waals surface area contributed by atoms with Crippen LogP contribution in [0.2, 0.25) is 0 Å². The topological polar surface area (TPSA) is 12.0 Å². The third-order valence-corrected chi connectivity index (χ3v) is 4.16. The maximum atomic E-state index is 3.59. The second kappa shape index (κ2) is 4.68. The maximum Gasteiger partial charge on any atom is 0.0452 e. The molecule has 0 fully saturated rings. The molecule has 0 saturated heterocycles. The van der Waals surface area contributed by atoms with E-state index in [2.05, 4.69) is 66.0 Å². The predicted octanol–water partition coefficient (Wildman–Crippen LogP) is 4.86. The monoisotopic (exact) mass is 259 g/mol. The SMILES string of the molecule is c1cc2c(c(-c3cccc4ccccc34)c1)NCCC2. The number of para-hydroxylation sites is 1. The summed E-state index contributed by atoms with van der Waals surface area (Å²) in [5, 5.41) is 6.23. The summed E-state index contributed by atoms with van der Waals surface area (Å²) >= 11 is 0. The van der Waals surface area contributed by atoms with Gasteiger partial charge in [0.2, 0.25) is 0 Å². The van der Waals surface area contributed by atoms with E-state index in [9.17, 15) is 0 Å². The fourth-order valence-corrected chi connectivity index (χ4v) is 3.19. The van der Waals surface area contributed by atoms with Gasteiger partial charge in [-0.15, -0.1) is 0 Å². The molecule has 1 heterocycles. The Balaban J connectivity index is 2.00. The zero-order chi connectivity index (χ0) is 13.4. The fraction of sp³-hybridized carbons (Fsp3) is 0.158. The quantitative estimate of drug-likeness (QED) is 0.657. The Labute approximate surface area is 119 Å². The summed E-state index contributed by atoms with van der Waals surface area (Å²) in [5.41, 5.74) is 5.44. The van der Waals surface area contributed by atoms with Crippen molar-refractivity contribution in [2.45, 2.75) is 12.8 Å². The molecule has 0 bridgehead atoms. The summed E-state index contributed by atoms with van der Waals surface area (Å²) in [7, 11) is 0. The van der Waals surface area contributed by atoms with Crippen LogP contribution in [0.4, 0.5) is 5.69 Å². The fourth-order valence-electron chi connectivity index (χ4n) is 3.19. The van der Waals surface area contributed by atoms with Gasteiger partial charge in [-0.3, -0.25) is 0 Å². The molecule has 3 aromatic rings. The first kappa shape index (κ1) is 11.5. The lowest BCUT2D eigenvalue weighted by Gasteiger charge is -2.22. The summed E-state index contributed by atoms with van der Waals surface area (Å²) in [6, 6.07) is 21.8. The lowest BCUT2D eigenvalue weighted by Crippen LogP contribution is -2.12. The van der Waals surface area contributed by atoms with E-state index < -0.39 is 0 Å². The molecule has 0 atom stereocenters. The average molecular weight is 259 g/mol. The van der Waals surface area contributed by atoms with Crippen LogP contribution in [0.3, 0.4) is 0 Å². The van der Waals surface area contributed by atoms with E-state index >= 15 is 0 Å². The Hall–Kier alpha value is -2.28. The van der Waals surface area contributed by atoms with E-state index in [0.717, 1.165) is 6.54 Å². The van der Waals surface area contributed by atoms with E-state index in [1.807, 2.05) is 0 Å². The van der Waals surface area contributed by atoms with Gasteiger partial charge in [-0.25, -0.2) is 0 Å². The summed E-state index contributed by atoms with van der Waals surface area (Å²) in [5.74, 6) is 0. The normalized spacial score (nSPS) is 13.8. The van der Waals surface area contributed by atoms with E-state index in [-0.39, 0.29) is 0 Å². The Kier molecular flexibility index (Phi) is 2.70. The first-order valence-corrected chi connectivity index (χ1v) is 7.27. The molecule has 20 heavy (non-hydrogen) atoms. The van der Waals surface area contributed by atoms with Crippen LogP contribution < -0.4 is 5.32 Å². The van der Waals surface area contributed by atoms with Crippen molar-refractivity contribution in [3.8, 4) is 11.1 Å². The van der Waals surface area contributed by atoms with Gasteiger partial charge in [0.1, 0.15) is 0 Å². The van der Waals surface area contributed by atoms with Gasteiger partial charge in [-0.2, -0.15) is 0 Å². The number of fused-ring (bicyclic) bond motifs is 2. The van der Waals surface area contributed by atoms with Crippen molar-refractivity contribution in [1.29, 1.82) is 0 Å². The summed E-state index contributed by atoms with van der Waals surface area (Å²) in [6.45, 7) is 1.08. The van der Waals surface area contributed by atoms with Gasteiger partial charge in [0, 0.05) is 17.8 Å². The van der Waals surface area contributed by atoms with Gasteiger partial charge in [-0.05, 0) is 34.7 Å². The predicted molar refractivity (Wildman–Crippen MR) is 86.2 cm³/mol. The molecule has 1 N–H and O–H groups in total. The van der Waals surface area contributed by atoms with E-state index in [0.29, 0.717) is 0 Å². The molecule has 1 aliphatic heterocycles. The highest BCUT2D eigenvalue weighted by Gasteiger charge is 2.14. The molecule has 0 aromatic heterocycles. The van der Waals surface area contributed by atoms with Crippen molar-refractivity contribution in [3.05, 3.63) is 66.2 Å². The van der Waals surface area contributed by atoms with Gasteiger partial charge < -0.3 is 5.32 Å². The van der Waals surface area contributed by atoms with Crippen LogP contribution in [0.5, 0.6) is 0 Å². The van der Waals surface area contributed by atoms with Crippen molar-refractivity contribution >= 4 is 16.5 Å². The maximum absolute atomic E-state index is 3.59. The minimum absolute atomic E-state index is 1.08. The third kappa shape index (κ3) is 1.78. The Morgan fingerprint density at radius 3 is 2.55 bits per heavy atom. The molecule has 0 aliphatic carbocycles. The van der Waals surface area contributed by atoms with Crippen molar-refractivity contribution in [1.82, 2.24) is 0 Å². The van der Waals surface area contributed by atoms with Gasteiger partial charge in [0.25, 0.3) is 0 Å². The number of hydrogen-bond donors (Lipinski definition) is 1. The lowest BCUT2D eigenvalue weighted by molar-refractivity contribution is 0.831. The zero-order valence-electron chi connectivity index (χ0n) is 11.4. The van der Waals surface area contributed by atoms with Crippen molar-refractivity contribution < 1.29 is 0 Å². The van der Waals surface area contributed by atoms with Gasteiger partial charge in [0.05, 0.1) is 0 Å². The highest BCUT2D eigenvalue weighted by molar-refractivity contribution is 6.00. The Morgan fingerprint density at radius 1 is 0.750 bits per heavy atom. The molecular weight excluding hydrogens is 242 g/mol. The zero-order valence-corrected chi connectivity index (χ0v) is 11.4. The first-order chi connectivity index (χ1) is 9.93. The van der Waals surface area contributed by atoms with Crippen LogP contribution in [-0.2, 0) is 6.42 Å². The Bertz CT molecular complexity index is 768. The molecule has 98 valence electrons. The van der Waals surface area contributed by atoms with Crippen LogP contribution in [-0.4, -0.2) is 6.54 Å².